The molecule has 2 unspecified atom stereocenters. The van der Waals surface area contributed by atoms with Crippen LogP contribution in [0.3, 0.4) is 0 Å². The van der Waals surface area contributed by atoms with E-state index in [0.29, 0.717) is 27.8 Å². The fraction of sp³-hybridized carbons (Fsp3) is 0.185. The summed E-state index contributed by atoms with van der Waals surface area (Å²) < 4.78 is 84.0. The number of hydrogen-bond acceptors (Lipinski definition) is 6. The van der Waals surface area contributed by atoms with E-state index in [1.807, 2.05) is 0 Å². The van der Waals surface area contributed by atoms with E-state index in [9.17, 15) is 21.6 Å². The predicted molar refractivity (Wildman–Crippen MR) is 143 cm³/mol. The number of para-hydroxylation sites is 2. The average molecular weight is 582 g/mol. The van der Waals surface area contributed by atoms with Gasteiger partial charge in [0.15, 0.2) is 22.9 Å². The van der Waals surface area contributed by atoms with Crippen molar-refractivity contribution < 1.29 is 35.8 Å². The Bertz CT molecular complexity index is 1480. The molecule has 3 aromatic rings. The maximum Gasteiger partial charge on any atom is 0.408 e. The molecule has 2 atom stereocenters. The molecule has 1 heterocycles. The van der Waals surface area contributed by atoms with Crippen molar-refractivity contribution in [3.05, 3.63) is 102 Å². The third-order valence-corrected chi connectivity index (χ3v) is 8.25. The Hall–Kier alpha value is -3.51. The minimum absolute atomic E-state index is 0.0131. The van der Waals surface area contributed by atoms with Gasteiger partial charge in [-0.15, -0.1) is 3.89 Å². The van der Waals surface area contributed by atoms with Crippen molar-refractivity contribution in [1.82, 2.24) is 3.89 Å². The van der Waals surface area contributed by atoms with Gasteiger partial charge in [-0.25, -0.2) is 0 Å². The SMILES string of the molecule is COc1ccccc1Oc1ccc([N+]2(S(=O)(=O)CC(F)(F)F)C=C(CN)C=CC2Oc2ccc(Cl)cc2)cc1. The number of halogens is 4. The van der Waals surface area contributed by atoms with E-state index in [2.05, 4.69) is 0 Å². The summed E-state index contributed by atoms with van der Waals surface area (Å²) in [5.41, 5.74) is 6.09. The first-order valence-electron chi connectivity index (χ1n) is 11.6. The molecule has 7 nitrogen and oxygen atoms in total. The summed E-state index contributed by atoms with van der Waals surface area (Å²) in [4.78, 5) is 0. The molecule has 1 aliphatic rings. The third-order valence-electron chi connectivity index (χ3n) is 5.86. The van der Waals surface area contributed by atoms with Crippen LogP contribution in [0, 0.1) is 0 Å². The minimum Gasteiger partial charge on any atom is -0.493 e. The summed E-state index contributed by atoms with van der Waals surface area (Å²) in [6.07, 6.45) is -2.35. The van der Waals surface area contributed by atoms with Gasteiger partial charge in [0.1, 0.15) is 17.7 Å². The number of rotatable bonds is 9. The van der Waals surface area contributed by atoms with Crippen molar-refractivity contribution in [2.24, 2.45) is 5.73 Å². The third kappa shape index (κ3) is 6.22. The summed E-state index contributed by atoms with van der Waals surface area (Å²) in [6.45, 7) is -0.110. The Morgan fingerprint density at radius 2 is 1.56 bits per heavy atom. The van der Waals surface area contributed by atoms with Crippen LogP contribution < -0.4 is 23.8 Å². The second-order valence-corrected chi connectivity index (χ2v) is 11.0. The molecule has 12 heteroatoms. The molecule has 2 N–H and O–H groups in total. The fourth-order valence-electron chi connectivity index (χ4n) is 4.10. The highest BCUT2D eigenvalue weighted by Gasteiger charge is 2.56. The van der Waals surface area contributed by atoms with Gasteiger partial charge in [0.25, 0.3) is 6.23 Å². The van der Waals surface area contributed by atoms with Crippen LogP contribution in [-0.4, -0.2) is 40.2 Å². The first kappa shape index (κ1) is 28.5. The Morgan fingerprint density at radius 3 is 2.15 bits per heavy atom. The lowest BCUT2D eigenvalue weighted by Gasteiger charge is -2.39. The second kappa shape index (κ2) is 11.3. The van der Waals surface area contributed by atoms with E-state index in [1.54, 1.807) is 24.3 Å². The number of ether oxygens (including phenoxy) is 3. The Balaban J connectivity index is 1.83. The van der Waals surface area contributed by atoms with E-state index in [0.717, 1.165) is 0 Å². The molecule has 3 aromatic carbocycles. The van der Waals surface area contributed by atoms with Crippen molar-refractivity contribution in [3.8, 4) is 23.0 Å². The smallest absolute Gasteiger partial charge is 0.408 e. The van der Waals surface area contributed by atoms with Crippen LogP contribution in [0.4, 0.5) is 18.9 Å². The van der Waals surface area contributed by atoms with Gasteiger partial charge in [-0.05, 0) is 54.6 Å². The van der Waals surface area contributed by atoms with E-state index in [-0.39, 0.29) is 18.0 Å². The summed E-state index contributed by atoms with van der Waals surface area (Å²) in [6, 6.07) is 18.6. The van der Waals surface area contributed by atoms with E-state index < -0.39 is 32.1 Å². The highest BCUT2D eigenvalue weighted by molar-refractivity contribution is 7.91. The normalized spacial score (nSPS) is 19.3. The van der Waals surface area contributed by atoms with Crippen LogP contribution in [-0.2, 0) is 10.0 Å². The number of nitrogens with zero attached hydrogens (tertiary/aromatic N) is 1. The van der Waals surface area contributed by atoms with Crippen molar-refractivity contribution in [1.29, 1.82) is 0 Å². The van der Waals surface area contributed by atoms with Gasteiger partial charge in [-0.2, -0.15) is 21.6 Å². The van der Waals surface area contributed by atoms with Crippen molar-refractivity contribution >= 4 is 27.3 Å². The zero-order valence-corrected chi connectivity index (χ0v) is 22.2. The van der Waals surface area contributed by atoms with Crippen molar-refractivity contribution in [3.63, 3.8) is 0 Å². The molecule has 0 amide bonds. The Kier molecular flexibility index (Phi) is 8.26. The molecular weight excluding hydrogens is 557 g/mol. The molecule has 39 heavy (non-hydrogen) atoms. The van der Waals surface area contributed by atoms with Gasteiger partial charge in [0.2, 0.25) is 0 Å². The quantitative estimate of drug-likeness (QED) is 0.305. The molecule has 0 radical (unpaired) electrons. The fourth-order valence-corrected chi connectivity index (χ4v) is 6.02. The van der Waals surface area contributed by atoms with Crippen LogP contribution in [0.2, 0.25) is 5.02 Å². The standard InChI is InChI=1S/C27H25ClF3N2O5S/c1-36-24-4-2-3-5-25(24)37-22-13-9-21(10-14-22)33(39(34,35)18-27(29,30)31)17-19(16-32)6-15-26(33)38-23-11-7-20(28)8-12-23/h2-15,17,26H,16,18,32H2,1H3/q+1. The van der Waals surface area contributed by atoms with Gasteiger partial charge >= 0.3 is 16.2 Å². The number of nitrogens with two attached hydrogens (primary N) is 1. The van der Waals surface area contributed by atoms with Crippen LogP contribution >= 0.6 is 11.6 Å². The largest absolute Gasteiger partial charge is 0.493 e. The first-order chi connectivity index (χ1) is 18.5. The monoisotopic (exact) mass is 581 g/mol. The maximum absolute atomic E-state index is 13.7. The summed E-state index contributed by atoms with van der Waals surface area (Å²) in [7, 11) is -3.56. The van der Waals surface area contributed by atoms with Crippen LogP contribution in [0.1, 0.15) is 0 Å². The second-order valence-electron chi connectivity index (χ2n) is 8.53. The minimum atomic E-state index is -5.04. The number of sulfonamides is 1. The Labute approximate surface area is 229 Å². The van der Waals surface area contributed by atoms with E-state index in [4.69, 9.17) is 31.5 Å². The summed E-state index contributed by atoms with van der Waals surface area (Å²) >= 11 is 5.94. The number of methoxy groups -OCH3 is 1. The van der Waals surface area contributed by atoms with Gasteiger partial charge in [-0.1, -0.05) is 23.7 Å². The molecule has 0 saturated carbocycles. The molecule has 0 aromatic heterocycles. The molecule has 0 saturated heterocycles. The van der Waals surface area contributed by atoms with Gasteiger partial charge in [0.05, 0.1) is 7.11 Å². The molecule has 0 fully saturated rings. The zero-order chi connectivity index (χ0) is 28.3. The van der Waals surface area contributed by atoms with E-state index in [1.165, 1.54) is 74.0 Å². The van der Waals surface area contributed by atoms with Crippen LogP contribution in [0.5, 0.6) is 23.0 Å². The number of alkyl halides is 3. The summed E-state index contributed by atoms with van der Waals surface area (Å²) in [5, 5.41) is 0.405. The molecule has 1 aliphatic heterocycles. The highest BCUT2D eigenvalue weighted by Crippen LogP contribution is 2.41. The number of quaternary nitrogens is 1. The van der Waals surface area contributed by atoms with Gasteiger partial charge in [0, 0.05) is 35.3 Å². The van der Waals surface area contributed by atoms with Gasteiger partial charge < -0.3 is 19.9 Å². The molecular formula is C27H25ClF3N2O5S+. The van der Waals surface area contributed by atoms with Crippen molar-refractivity contribution in [2.75, 3.05) is 19.4 Å². The highest BCUT2D eigenvalue weighted by atomic mass is 35.5. The molecule has 0 bridgehead atoms. The van der Waals surface area contributed by atoms with Crippen LogP contribution in [0.25, 0.3) is 0 Å². The molecule has 0 aliphatic carbocycles. The van der Waals surface area contributed by atoms with Crippen molar-refractivity contribution in [2.45, 2.75) is 12.4 Å². The lowest BCUT2D eigenvalue weighted by atomic mass is 10.1. The summed E-state index contributed by atoms with van der Waals surface area (Å²) in [5.74, 6) is -0.718. The Morgan fingerprint density at radius 1 is 0.949 bits per heavy atom. The molecule has 4 rings (SSSR count). The lowest BCUT2D eigenvalue weighted by molar-refractivity contribution is -0.107. The first-order valence-corrected chi connectivity index (χ1v) is 13.6. The maximum atomic E-state index is 13.7. The van der Waals surface area contributed by atoms with E-state index >= 15 is 0 Å². The predicted octanol–water partition coefficient (Wildman–Crippen LogP) is 6.16. The molecule has 0 spiro atoms. The topological polar surface area (TPSA) is 87.9 Å². The van der Waals surface area contributed by atoms with Crippen LogP contribution in [0.15, 0.2) is 96.7 Å². The number of benzene rings is 3. The zero-order valence-electron chi connectivity index (χ0n) is 20.6. The lowest BCUT2D eigenvalue weighted by Crippen LogP contribution is -2.61. The number of hydrogen-bond donors (Lipinski definition) is 1. The van der Waals surface area contributed by atoms with Gasteiger partial charge in [-0.3, -0.25) is 0 Å². The average Bonchev–Trinajstić information content (AvgIpc) is 2.89. The molecule has 206 valence electrons.